The molecule has 0 aliphatic carbocycles. The van der Waals surface area contributed by atoms with Crippen LogP contribution in [0.2, 0.25) is 5.15 Å². The quantitative estimate of drug-likeness (QED) is 0.519. The van der Waals surface area contributed by atoms with Crippen molar-refractivity contribution in [2.45, 2.75) is 6.92 Å². The molecule has 2 aromatic heterocycles. The van der Waals surface area contributed by atoms with Gasteiger partial charge in [0.05, 0.1) is 6.26 Å². The second-order valence-corrected chi connectivity index (χ2v) is 3.04. The van der Waals surface area contributed by atoms with Gasteiger partial charge in [0, 0.05) is 17.1 Å². The minimum Gasteiger partial charge on any atom is -0.461 e. The van der Waals surface area contributed by atoms with E-state index in [0.717, 1.165) is 0 Å². The molecule has 0 atom stereocenters. The van der Waals surface area contributed by atoms with Crippen LogP contribution in [0.5, 0.6) is 0 Å². The van der Waals surface area contributed by atoms with E-state index in [2.05, 4.69) is 4.98 Å². The molecular formula is C9H6ClNO2. The molecular weight excluding hydrogens is 190 g/mol. The zero-order valence-electron chi connectivity index (χ0n) is 6.87. The van der Waals surface area contributed by atoms with Crippen molar-refractivity contribution < 1.29 is 9.21 Å². The summed E-state index contributed by atoms with van der Waals surface area (Å²) in [4.78, 5) is 15.0. The average Bonchev–Trinajstić information content (AvgIpc) is 2.53. The van der Waals surface area contributed by atoms with Crippen molar-refractivity contribution in [3.05, 3.63) is 29.2 Å². The number of fused-ring (bicyclic) bond motifs is 1. The molecule has 0 amide bonds. The Bertz CT molecular complexity index is 475. The molecule has 0 spiro atoms. The molecule has 2 heterocycles. The Kier molecular flexibility index (Phi) is 1.81. The van der Waals surface area contributed by atoms with Gasteiger partial charge in [0.25, 0.3) is 0 Å². The highest BCUT2D eigenvalue weighted by molar-refractivity contribution is 6.34. The zero-order valence-corrected chi connectivity index (χ0v) is 7.63. The first-order valence-corrected chi connectivity index (χ1v) is 4.10. The maximum atomic E-state index is 11.1. The highest BCUT2D eigenvalue weighted by atomic mass is 35.5. The van der Waals surface area contributed by atoms with Gasteiger partial charge in [-0.1, -0.05) is 11.6 Å². The van der Waals surface area contributed by atoms with E-state index < -0.39 is 0 Å². The number of carbonyl (C=O) groups excluding carboxylic acids is 1. The van der Waals surface area contributed by atoms with Crippen LogP contribution >= 0.6 is 11.6 Å². The van der Waals surface area contributed by atoms with Crippen molar-refractivity contribution in [3.8, 4) is 0 Å². The fraction of sp³-hybridized carbons (Fsp3) is 0.111. The number of rotatable bonds is 1. The minimum absolute atomic E-state index is 0.0458. The predicted molar refractivity (Wildman–Crippen MR) is 49.0 cm³/mol. The molecule has 13 heavy (non-hydrogen) atoms. The van der Waals surface area contributed by atoms with Crippen molar-refractivity contribution in [1.29, 1.82) is 0 Å². The third kappa shape index (κ3) is 1.21. The summed E-state index contributed by atoms with van der Waals surface area (Å²) in [6.07, 6.45) is 2.95. The fourth-order valence-corrected chi connectivity index (χ4v) is 1.41. The standard InChI is InChI=1S/C9H6ClNO2/c1-5(12)7-4-11-9(10)8-6(7)2-3-13-8/h2-4H,1H3. The van der Waals surface area contributed by atoms with Crippen LogP contribution in [0.1, 0.15) is 17.3 Å². The smallest absolute Gasteiger partial charge is 0.172 e. The van der Waals surface area contributed by atoms with Crippen molar-refractivity contribution in [2.75, 3.05) is 0 Å². The summed E-state index contributed by atoms with van der Waals surface area (Å²) in [5.74, 6) is -0.0458. The molecule has 2 rings (SSSR count). The van der Waals surface area contributed by atoms with Gasteiger partial charge in [-0.05, 0) is 13.0 Å². The fourth-order valence-electron chi connectivity index (χ4n) is 1.21. The van der Waals surface area contributed by atoms with Gasteiger partial charge in [0.15, 0.2) is 16.5 Å². The van der Waals surface area contributed by atoms with Crippen LogP contribution in [-0.2, 0) is 0 Å². The van der Waals surface area contributed by atoms with Crippen LogP contribution < -0.4 is 0 Å². The van der Waals surface area contributed by atoms with E-state index in [1.807, 2.05) is 0 Å². The number of hydrogen-bond acceptors (Lipinski definition) is 3. The molecule has 0 aliphatic rings. The Morgan fingerprint density at radius 1 is 1.62 bits per heavy atom. The van der Waals surface area contributed by atoms with Gasteiger partial charge in [-0.15, -0.1) is 0 Å². The number of hydrogen-bond donors (Lipinski definition) is 0. The first kappa shape index (κ1) is 8.26. The molecule has 0 N–H and O–H groups in total. The predicted octanol–water partition coefficient (Wildman–Crippen LogP) is 2.68. The third-order valence-electron chi connectivity index (χ3n) is 1.83. The number of carbonyl (C=O) groups is 1. The molecule has 0 bridgehead atoms. The van der Waals surface area contributed by atoms with E-state index in [9.17, 15) is 4.79 Å². The number of pyridine rings is 1. The van der Waals surface area contributed by atoms with E-state index in [1.165, 1.54) is 19.4 Å². The van der Waals surface area contributed by atoms with Crippen molar-refractivity contribution in [3.63, 3.8) is 0 Å². The molecule has 0 fully saturated rings. The second-order valence-electron chi connectivity index (χ2n) is 2.68. The lowest BCUT2D eigenvalue weighted by Gasteiger charge is -1.97. The van der Waals surface area contributed by atoms with Gasteiger partial charge >= 0.3 is 0 Å². The van der Waals surface area contributed by atoms with E-state index in [0.29, 0.717) is 16.5 Å². The topological polar surface area (TPSA) is 43.1 Å². The Morgan fingerprint density at radius 3 is 3.08 bits per heavy atom. The lowest BCUT2D eigenvalue weighted by molar-refractivity contribution is 0.101. The Labute approximate surface area is 79.3 Å². The van der Waals surface area contributed by atoms with E-state index >= 15 is 0 Å². The number of aromatic nitrogens is 1. The maximum Gasteiger partial charge on any atom is 0.172 e. The van der Waals surface area contributed by atoms with Gasteiger partial charge < -0.3 is 4.42 Å². The third-order valence-corrected chi connectivity index (χ3v) is 2.10. The summed E-state index contributed by atoms with van der Waals surface area (Å²) in [5.41, 5.74) is 1.00. The summed E-state index contributed by atoms with van der Waals surface area (Å²) >= 11 is 5.76. The van der Waals surface area contributed by atoms with Crippen molar-refractivity contribution in [2.24, 2.45) is 0 Å². The lowest BCUT2D eigenvalue weighted by Crippen LogP contribution is -1.93. The highest BCUT2D eigenvalue weighted by Crippen LogP contribution is 2.25. The molecule has 0 aromatic carbocycles. The average molecular weight is 196 g/mol. The monoisotopic (exact) mass is 195 g/mol. The SMILES string of the molecule is CC(=O)c1cnc(Cl)c2occc12. The molecule has 4 heteroatoms. The molecule has 0 saturated heterocycles. The molecule has 66 valence electrons. The Balaban J connectivity index is 2.86. The number of ketones is 1. The second kappa shape index (κ2) is 2.85. The van der Waals surface area contributed by atoms with E-state index in [1.54, 1.807) is 6.07 Å². The summed E-state index contributed by atoms with van der Waals surface area (Å²) in [6, 6.07) is 1.71. The highest BCUT2D eigenvalue weighted by Gasteiger charge is 2.11. The van der Waals surface area contributed by atoms with Gasteiger partial charge in [0.2, 0.25) is 0 Å². The van der Waals surface area contributed by atoms with Gasteiger partial charge in [-0.3, -0.25) is 4.79 Å². The largest absolute Gasteiger partial charge is 0.461 e. The molecule has 3 nitrogen and oxygen atoms in total. The van der Waals surface area contributed by atoms with Crippen LogP contribution in [0.15, 0.2) is 22.9 Å². The number of furan rings is 1. The van der Waals surface area contributed by atoms with E-state index in [-0.39, 0.29) is 10.9 Å². The zero-order chi connectivity index (χ0) is 9.42. The molecule has 0 unspecified atom stereocenters. The van der Waals surface area contributed by atoms with Gasteiger partial charge in [-0.2, -0.15) is 0 Å². The summed E-state index contributed by atoms with van der Waals surface area (Å²) in [5, 5.41) is 0.998. The molecule has 2 aromatic rings. The van der Waals surface area contributed by atoms with Crippen molar-refractivity contribution >= 4 is 28.4 Å². The lowest BCUT2D eigenvalue weighted by atomic mass is 10.1. The minimum atomic E-state index is -0.0458. The van der Waals surface area contributed by atoms with E-state index in [4.69, 9.17) is 16.0 Å². The normalized spacial score (nSPS) is 10.6. The molecule has 0 aliphatic heterocycles. The van der Waals surface area contributed by atoms with Crippen LogP contribution in [0, 0.1) is 0 Å². The van der Waals surface area contributed by atoms with Crippen LogP contribution in [0.3, 0.4) is 0 Å². The summed E-state index contributed by atoms with van der Waals surface area (Å²) in [7, 11) is 0. The number of Topliss-reactive ketones (excluding diaryl/α,β-unsaturated/α-hetero) is 1. The molecule has 0 saturated carbocycles. The Hall–Kier alpha value is -1.35. The van der Waals surface area contributed by atoms with Crippen LogP contribution in [0.4, 0.5) is 0 Å². The number of nitrogens with zero attached hydrogens (tertiary/aromatic N) is 1. The summed E-state index contributed by atoms with van der Waals surface area (Å²) in [6.45, 7) is 1.48. The first-order valence-electron chi connectivity index (χ1n) is 3.73. The van der Waals surface area contributed by atoms with Crippen LogP contribution in [0.25, 0.3) is 11.0 Å². The summed E-state index contributed by atoms with van der Waals surface area (Å²) < 4.78 is 5.09. The molecule has 0 radical (unpaired) electrons. The van der Waals surface area contributed by atoms with Gasteiger partial charge in [-0.25, -0.2) is 4.98 Å². The van der Waals surface area contributed by atoms with Crippen molar-refractivity contribution in [1.82, 2.24) is 4.98 Å². The van der Waals surface area contributed by atoms with Gasteiger partial charge in [0.1, 0.15) is 0 Å². The first-order chi connectivity index (χ1) is 6.20. The number of halogens is 1. The maximum absolute atomic E-state index is 11.1. The van der Waals surface area contributed by atoms with Crippen LogP contribution in [-0.4, -0.2) is 10.8 Å². The Morgan fingerprint density at radius 2 is 2.38 bits per heavy atom.